The second-order valence-corrected chi connectivity index (χ2v) is 7.84. The molecule has 0 bridgehead atoms. The van der Waals surface area contributed by atoms with E-state index in [0.29, 0.717) is 12.2 Å². The Hall–Kier alpha value is -3.25. The normalized spacial score (nSPS) is 14.9. The molecule has 6 heteroatoms. The van der Waals surface area contributed by atoms with Crippen LogP contribution in [-0.4, -0.2) is 43.6 Å². The molecule has 0 N–H and O–H groups in total. The van der Waals surface area contributed by atoms with Crippen molar-refractivity contribution in [1.29, 1.82) is 0 Å². The van der Waals surface area contributed by atoms with E-state index in [-0.39, 0.29) is 5.69 Å². The Morgan fingerprint density at radius 2 is 1.73 bits per heavy atom. The summed E-state index contributed by atoms with van der Waals surface area (Å²) in [6, 6.07) is 18.1. The molecule has 0 aliphatic carbocycles. The highest BCUT2D eigenvalue weighted by molar-refractivity contribution is 5.82. The molecule has 152 valence electrons. The summed E-state index contributed by atoms with van der Waals surface area (Å²) in [5.41, 5.74) is 4.38. The third-order valence-electron chi connectivity index (χ3n) is 5.86. The number of benzene rings is 2. The maximum absolute atomic E-state index is 12.6. The van der Waals surface area contributed by atoms with Gasteiger partial charge in [-0.15, -0.1) is 0 Å². The standard InChI is InChI=1S/C24H25N5O/c30-24-26-21(11-14-28(24)16-15-27-12-5-2-6-13-27)19-9-10-23-22(17-19)25-18-29(23)20-7-3-1-4-8-20/h1,3-4,7-11,14,17-18H,2,5-6,12-13,15-16H2. The molecule has 1 fully saturated rings. The van der Waals surface area contributed by atoms with Gasteiger partial charge in [0.25, 0.3) is 0 Å². The van der Waals surface area contributed by atoms with E-state index in [2.05, 4.69) is 31.6 Å². The van der Waals surface area contributed by atoms with Gasteiger partial charge in [0, 0.05) is 30.5 Å². The Morgan fingerprint density at radius 1 is 0.900 bits per heavy atom. The van der Waals surface area contributed by atoms with Crippen LogP contribution in [0.15, 0.2) is 71.9 Å². The minimum Gasteiger partial charge on any atom is -0.302 e. The van der Waals surface area contributed by atoms with E-state index >= 15 is 0 Å². The maximum Gasteiger partial charge on any atom is 0.348 e. The van der Waals surface area contributed by atoms with Gasteiger partial charge in [0.15, 0.2) is 0 Å². The molecular formula is C24H25N5O. The predicted octanol–water partition coefficient (Wildman–Crippen LogP) is 3.74. The fraction of sp³-hybridized carbons (Fsp3) is 0.292. The summed E-state index contributed by atoms with van der Waals surface area (Å²) in [5.74, 6) is 0. The third kappa shape index (κ3) is 3.78. The van der Waals surface area contributed by atoms with Gasteiger partial charge in [-0.05, 0) is 56.3 Å². The van der Waals surface area contributed by atoms with Crippen molar-refractivity contribution >= 4 is 11.0 Å². The lowest BCUT2D eigenvalue weighted by molar-refractivity contribution is 0.219. The highest BCUT2D eigenvalue weighted by atomic mass is 16.1. The van der Waals surface area contributed by atoms with Gasteiger partial charge < -0.3 is 4.90 Å². The summed E-state index contributed by atoms with van der Waals surface area (Å²) in [6.07, 6.45) is 7.53. The lowest BCUT2D eigenvalue weighted by atomic mass is 10.1. The van der Waals surface area contributed by atoms with Crippen LogP contribution in [0.4, 0.5) is 0 Å². The lowest BCUT2D eigenvalue weighted by Crippen LogP contribution is -2.35. The first-order chi connectivity index (χ1) is 14.8. The summed E-state index contributed by atoms with van der Waals surface area (Å²) in [6.45, 7) is 3.86. The van der Waals surface area contributed by atoms with Crippen LogP contribution in [0, 0.1) is 0 Å². The predicted molar refractivity (Wildman–Crippen MR) is 119 cm³/mol. The molecule has 2 aromatic carbocycles. The number of hydrogen-bond donors (Lipinski definition) is 0. The van der Waals surface area contributed by atoms with E-state index in [4.69, 9.17) is 0 Å². The first kappa shape index (κ1) is 18.8. The number of nitrogens with zero attached hydrogens (tertiary/aromatic N) is 5. The van der Waals surface area contributed by atoms with Crippen molar-refractivity contribution in [2.45, 2.75) is 25.8 Å². The molecule has 0 atom stereocenters. The fourth-order valence-corrected chi connectivity index (χ4v) is 4.16. The van der Waals surface area contributed by atoms with E-state index in [1.54, 1.807) is 4.57 Å². The molecule has 0 unspecified atom stereocenters. The number of piperidine rings is 1. The molecule has 30 heavy (non-hydrogen) atoms. The number of rotatable bonds is 5. The maximum atomic E-state index is 12.6. The number of fused-ring (bicyclic) bond motifs is 1. The highest BCUT2D eigenvalue weighted by Crippen LogP contribution is 2.23. The van der Waals surface area contributed by atoms with E-state index in [1.165, 1.54) is 19.3 Å². The van der Waals surface area contributed by atoms with Crippen LogP contribution in [-0.2, 0) is 6.54 Å². The van der Waals surface area contributed by atoms with Crippen LogP contribution in [0.25, 0.3) is 28.0 Å². The van der Waals surface area contributed by atoms with Crippen molar-refractivity contribution in [3.63, 3.8) is 0 Å². The molecule has 0 amide bonds. The number of aromatic nitrogens is 4. The van der Waals surface area contributed by atoms with E-state index in [9.17, 15) is 4.79 Å². The Labute approximate surface area is 175 Å². The fourth-order valence-electron chi connectivity index (χ4n) is 4.16. The Morgan fingerprint density at radius 3 is 2.53 bits per heavy atom. The zero-order valence-electron chi connectivity index (χ0n) is 16.9. The van der Waals surface area contributed by atoms with Gasteiger partial charge in [0.1, 0.15) is 6.33 Å². The zero-order chi connectivity index (χ0) is 20.3. The van der Waals surface area contributed by atoms with Gasteiger partial charge in [0.2, 0.25) is 0 Å². The van der Waals surface area contributed by atoms with Crippen LogP contribution >= 0.6 is 0 Å². The highest BCUT2D eigenvalue weighted by Gasteiger charge is 2.11. The van der Waals surface area contributed by atoms with Crippen molar-refractivity contribution in [2.24, 2.45) is 0 Å². The molecule has 4 aromatic rings. The molecule has 0 radical (unpaired) electrons. The molecule has 2 aromatic heterocycles. The second kappa shape index (κ2) is 8.24. The van der Waals surface area contributed by atoms with Gasteiger partial charge in [-0.3, -0.25) is 9.13 Å². The molecule has 1 aliphatic heterocycles. The summed E-state index contributed by atoms with van der Waals surface area (Å²) >= 11 is 0. The number of imidazole rings is 1. The molecule has 1 saturated heterocycles. The van der Waals surface area contributed by atoms with Crippen LogP contribution in [0.3, 0.4) is 0 Å². The molecule has 0 saturated carbocycles. The number of hydrogen-bond acceptors (Lipinski definition) is 4. The number of likely N-dealkylation sites (tertiary alicyclic amines) is 1. The van der Waals surface area contributed by atoms with Gasteiger partial charge in [0.05, 0.1) is 16.7 Å². The smallest absolute Gasteiger partial charge is 0.302 e. The summed E-state index contributed by atoms with van der Waals surface area (Å²) in [7, 11) is 0. The molecule has 0 spiro atoms. The quantitative estimate of drug-likeness (QED) is 0.513. The Balaban J connectivity index is 1.37. The van der Waals surface area contributed by atoms with E-state index in [1.807, 2.05) is 55.0 Å². The second-order valence-electron chi connectivity index (χ2n) is 7.84. The van der Waals surface area contributed by atoms with E-state index in [0.717, 1.165) is 41.9 Å². The van der Waals surface area contributed by atoms with Crippen LogP contribution < -0.4 is 5.69 Å². The van der Waals surface area contributed by atoms with Crippen LogP contribution in [0.2, 0.25) is 0 Å². The van der Waals surface area contributed by atoms with E-state index < -0.39 is 0 Å². The monoisotopic (exact) mass is 399 g/mol. The largest absolute Gasteiger partial charge is 0.348 e. The molecular weight excluding hydrogens is 374 g/mol. The van der Waals surface area contributed by atoms with Gasteiger partial charge in [-0.1, -0.05) is 30.7 Å². The Bertz CT molecular complexity index is 1210. The minimum absolute atomic E-state index is 0.195. The lowest BCUT2D eigenvalue weighted by Gasteiger charge is -2.26. The minimum atomic E-state index is -0.195. The SMILES string of the molecule is O=c1nc(-c2ccc3c(c2)ncn3-c2ccccc2)ccn1CCN1CCCCC1. The third-order valence-corrected chi connectivity index (χ3v) is 5.86. The molecule has 5 rings (SSSR count). The zero-order valence-corrected chi connectivity index (χ0v) is 16.9. The topological polar surface area (TPSA) is 56.0 Å². The van der Waals surface area contributed by atoms with Gasteiger partial charge >= 0.3 is 5.69 Å². The van der Waals surface area contributed by atoms with Gasteiger partial charge in [-0.25, -0.2) is 9.78 Å². The Kier molecular flexibility index (Phi) is 5.15. The summed E-state index contributed by atoms with van der Waals surface area (Å²) < 4.78 is 3.77. The van der Waals surface area contributed by atoms with Crippen molar-refractivity contribution < 1.29 is 0 Å². The van der Waals surface area contributed by atoms with Crippen molar-refractivity contribution in [1.82, 2.24) is 24.0 Å². The molecule has 1 aliphatic rings. The van der Waals surface area contributed by atoms with Crippen molar-refractivity contribution in [3.8, 4) is 16.9 Å². The summed E-state index contributed by atoms with van der Waals surface area (Å²) in [5, 5.41) is 0. The summed E-state index contributed by atoms with van der Waals surface area (Å²) in [4.78, 5) is 23.9. The average Bonchev–Trinajstić information content (AvgIpc) is 3.23. The molecule has 6 nitrogen and oxygen atoms in total. The first-order valence-corrected chi connectivity index (χ1v) is 10.6. The van der Waals surface area contributed by atoms with Crippen molar-refractivity contribution in [2.75, 3.05) is 19.6 Å². The van der Waals surface area contributed by atoms with Crippen LogP contribution in [0.5, 0.6) is 0 Å². The van der Waals surface area contributed by atoms with Crippen molar-refractivity contribution in [3.05, 3.63) is 77.6 Å². The molecule has 3 heterocycles. The number of para-hydroxylation sites is 1. The average molecular weight is 399 g/mol. The van der Waals surface area contributed by atoms with Crippen LogP contribution in [0.1, 0.15) is 19.3 Å². The first-order valence-electron chi connectivity index (χ1n) is 10.6. The van der Waals surface area contributed by atoms with Gasteiger partial charge in [-0.2, -0.15) is 4.98 Å².